The number of aromatic nitrogens is 1. The van der Waals surface area contributed by atoms with Crippen molar-refractivity contribution < 1.29 is 0 Å². The first-order valence-electron chi connectivity index (χ1n) is 5.49. The van der Waals surface area contributed by atoms with Gasteiger partial charge in [0.25, 0.3) is 0 Å². The molecule has 0 atom stereocenters. The Hall–Kier alpha value is -1.83. The summed E-state index contributed by atoms with van der Waals surface area (Å²) in [7, 11) is 0. The number of hydrogen-bond donors (Lipinski definition) is 1. The molecule has 0 unspecified atom stereocenters. The van der Waals surface area contributed by atoms with E-state index in [9.17, 15) is 0 Å². The van der Waals surface area contributed by atoms with Gasteiger partial charge in [-0.2, -0.15) is 0 Å². The second-order valence-corrected chi connectivity index (χ2v) is 4.21. The van der Waals surface area contributed by atoms with Crippen molar-refractivity contribution in [3.63, 3.8) is 0 Å². The van der Waals surface area contributed by atoms with Crippen LogP contribution in [0, 0.1) is 0 Å². The summed E-state index contributed by atoms with van der Waals surface area (Å²) < 4.78 is 0. The van der Waals surface area contributed by atoms with Crippen molar-refractivity contribution >= 4 is 5.82 Å². The molecule has 0 spiro atoms. The van der Waals surface area contributed by atoms with Gasteiger partial charge in [0.15, 0.2) is 0 Å². The minimum Gasteiger partial charge on any atom is -0.383 e. The van der Waals surface area contributed by atoms with Crippen LogP contribution in [-0.2, 0) is 0 Å². The summed E-state index contributed by atoms with van der Waals surface area (Å²) in [5, 5.41) is 0. The summed E-state index contributed by atoms with van der Waals surface area (Å²) in [5.74, 6) is 1.14. The molecule has 2 heteroatoms. The van der Waals surface area contributed by atoms with Gasteiger partial charge in [-0.3, -0.25) is 0 Å². The molecule has 82 valence electrons. The molecule has 0 saturated carbocycles. The Kier molecular flexibility index (Phi) is 2.91. The molecule has 1 aromatic heterocycles. The van der Waals surface area contributed by atoms with Gasteiger partial charge in [0.05, 0.1) is 0 Å². The van der Waals surface area contributed by atoms with Gasteiger partial charge in [-0.15, -0.1) is 0 Å². The van der Waals surface area contributed by atoms with Crippen LogP contribution in [0.25, 0.3) is 11.1 Å². The summed E-state index contributed by atoms with van der Waals surface area (Å²) in [6.07, 6.45) is 1.71. The quantitative estimate of drug-likeness (QED) is 0.828. The molecule has 0 aliphatic carbocycles. The van der Waals surface area contributed by atoms with Gasteiger partial charge in [-0.1, -0.05) is 38.1 Å². The summed E-state index contributed by atoms with van der Waals surface area (Å²) in [5.41, 5.74) is 9.30. The largest absolute Gasteiger partial charge is 0.383 e. The van der Waals surface area contributed by atoms with Crippen LogP contribution in [0.1, 0.15) is 25.3 Å². The zero-order chi connectivity index (χ0) is 11.5. The molecule has 0 bridgehead atoms. The van der Waals surface area contributed by atoms with Gasteiger partial charge in [-0.25, -0.2) is 4.98 Å². The third-order valence-electron chi connectivity index (χ3n) is 2.73. The minimum atomic E-state index is 0.556. The molecule has 0 fully saturated rings. The fourth-order valence-electron chi connectivity index (χ4n) is 1.71. The molecular formula is C14H16N2. The van der Waals surface area contributed by atoms with Crippen molar-refractivity contribution in [1.82, 2.24) is 4.98 Å². The van der Waals surface area contributed by atoms with E-state index in [1.807, 2.05) is 12.1 Å². The van der Waals surface area contributed by atoms with Crippen LogP contribution < -0.4 is 5.73 Å². The Balaban J connectivity index is 2.39. The molecule has 0 aliphatic heterocycles. The zero-order valence-electron chi connectivity index (χ0n) is 9.64. The molecule has 0 aliphatic rings. The Labute approximate surface area is 96.1 Å². The summed E-state index contributed by atoms with van der Waals surface area (Å²) in [6, 6.07) is 12.4. The molecule has 2 N–H and O–H groups in total. The first-order chi connectivity index (χ1) is 7.68. The van der Waals surface area contributed by atoms with Crippen molar-refractivity contribution in [2.45, 2.75) is 19.8 Å². The highest BCUT2D eigenvalue weighted by atomic mass is 14.8. The SMILES string of the molecule is CC(C)c1ccc(-c2cccnc2N)cc1. The summed E-state index contributed by atoms with van der Waals surface area (Å²) >= 11 is 0. The van der Waals surface area contributed by atoms with E-state index in [0.717, 1.165) is 11.1 Å². The lowest BCUT2D eigenvalue weighted by molar-refractivity contribution is 0.867. The predicted molar refractivity (Wildman–Crippen MR) is 68.2 cm³/mol. The topological polar surface area (TPSA) is 38.9 Å². The highest BCUT2D eigenvalue weighted by molar-refractivity contribution is 5.73. The third kappa shape index (κ3) is 2.06. The second-order valence-electron chi connectivity index (χ2n) is 4.21. The smallest absolute Gasteiger partial charge is 0.131 e. The number of hydrogen-bond acceptors (Lipinski definition) is 2. The highest BCUT2D eigenvalue weighted by Crippen LogP contribution is 2.25. The van der Waals surface area contributed by atoms with Gasteiger partial charge in [-0.05, 0) is 29.2 Å². The summed E-state index contributed by atoms with van der Waals surface area (Å²) in [6.45, 7) is 4.38. The molecule has 2 rings (SSSR count). The Morgan fingerprint density at radius 1 is 1.06 bits per heavy atom. The van der Waals surface area contributed by atoms with Crippen molar-refractivity contribution in [1.29, 1.82) is 0 Å². The number of benzene rings is 1. The van der Waals surface area contributed by atoms with Crippen molar-refractivity contribution in [3.05, 3.63) is 48.2 Å². The molecule has 16 heavy (non-hydrogen) atoms. The standard InChI is InChI=1S/C14H16N2/c1-10(2)11-5-7-12(8-6-11)13-4-3-9-16-14(13)15/h3-10H,1-2H3,(H2,15,16). The second kappa shape index (κ2) is 4.35. The van der Waals surface area contributed by atoms with E-state index in [1.165, 1.54) is 5.56 Å². The van der Waals surface area contributed by atoms with Gasteiger partial charge >= 0.3 is 0 Å². The maximum atomic E-state index is 5.84. The van der Waals surface area contributed by atoms with Crippen molar-refractivity contribution in [2.24, 2.45) is 0 Å². The lowest BCUT2D eigenvalue weighted by Gasteiger charge is -2.08. The number of nitrogens with two attached hydrogens (primary N) is 1. The van der Waals surface area contributed by atoms with E-state index in [0.29, 0.717) is 11.7 Å². The van der Waals surface area contributed by atoms with E-state index in [4.69, 9.17) is 5.73 Å². The van der Waals surface area contributed by atoms with Gasteiger partial charge in [0.2, 0.25) is 0 Å². The fourth-order valence-corrected chi connectivity index (χ4v) is 1.71. The van der Waals surface area contributed by atoms with E-state index in [1.54, 1.807) is 6.20 Å². The monoisotopic (exact) mass is 212 g/mol. The van der Waals surface area contributed by atoms with E-state index >= 15 is 0 Å². The van der Waals surface area contributed by atoms with Gasteiger partial charge in [0.1, 0.15) is 5.82 Å². The molecule has 0 amide bonds. The lowest BCUT2D eigenvalue weighted by atomic mass is 9.99. The van der Waals surface area contributed by atoms with Crippen LogP contribution in [0.4, 0.5) is 5.82 Å². The van der Waals surface area contributed by atoms with Gasteiger partial charge in [0, 0.05) is 11.8 Å². The molecule has 0 radical (unpaired) electrons. The van der Waals surface area contributed by atoms with E-state index in [2.05, 4.69) is 43.1 Å². The Morgan fingerprint density at radius 2 is 1.75 bits per heavy atom. The van der Waals surface area contributed by atoms with Crippen molar-refractivity contribution in [2.75, 3.05) is 5.73 Å². The normalized spacial score (nSPS) is 10.7. The number of nitrogen functional groups attached to an aromatic ring is 1. The molecule has 1 heterocycles. The number of anilines is 1. The van der Waals surface area contributed by atoms with E-state index < -0.39 is 0 Å². The maximum Gasteiger partial charge on any atom is 0.131 e. The van der Waals surface area contributed by atoms with Crippen molar-refractivity contribution in [3.8, 4) is 11.1 Å². The van der Waals surface area contributed by atoms with Crippen LogP contribution in [0.3, 0.4) is 0 Å². The zero-order valence-corrected chi connectivity index (χ0v) is 9.64. The molecule has 1 aromatic carbocycles. The molecule has 2 nitrogen and oxygen atoms in total. The molecular weight excluding hydrogens is 196 g/mol. The predicted octanol–water partition coefficient (Wildman–Crippen LogP) is 3.45. The van der Waals surface area contributed by atoms with Crippen LogP contribution in [0.15, 0.2) is 42.6 Å². The lowest BCUT2D eigenvalue weighted by Crippen LogP contribution is -1.93. The summed E-state index contributed by atoms with van der Waals surface area (Å²) in [4.78, 5) is 4.09. The maximum absolute atomic E-state index is 5.84. The molecule has 0 saturated heterocycles. The fraction of sp³-hybridized carbons (Fsp3) is 0.214. The van der Waals surface area contributed by atoms with E-state index in [-0.39, 0.29) is 0 Å². The average molecular weight is 212 g/mol. The number of pyridine rings is 1. The van der Waals surface area contributed by atoms with Crippen LogP contribution in [-0.4, -0.2) is 4.98 Å². The van der Waals surface area contributed by atoms with Crippen LogP contribution in [0.2, 0.25) is 0 Å². The van der Waals surface area contributed by atoms with Gasteiger partial charge < -0.3 is 5.73 Å². The average Bonchev–Trinajstić information content (AvgIpc) is 2.30. The first-order valence-corrected chi connectivity index (χ1v) is 5.49. The first kappa shape index (κ1) is 10.7. The Bertz CT molecular complexity index is 472. The Morgan fingerprint density at radius 3 is 2.31 bits per heavy atom. The third-order valence-corrected chi connectivity index (χ3v) is 2.73. The number of nitrogens with zero attached hydrogens (tertiary/aromatic N) is 1. The minimum absolute atomic E-state index is 0.556. The van der Waals surface area contributed by atoms with Crippen LogP contribution in [0.5, 0.6) is 0 Å². The number of rotatable bonds is 2. The highest BCUT2D eigenvalue weighted by Gasteiger charge is 2.03. The van der Waals surface area contributed by atoms with Crippen LogP contribution >= 0.6 is 0 Å². The molecule has 2 aromatic rings.